The molecule has 3 rings (SSSR count). The van der Waals surface area contributed by atoms with Crippen molar-refractivity contribution in [1.82, 2.24) is 0 Å². The normalized spacial score (nSPS) is 11.2. The van der Waals surface area contributed by atoms with Crippen molar-refractivity contribution in [3.05, 3.63) is 89.5 Å². The van der Waals surface area contributed by atoms with Crippen molar-refractivity contribution < 1.29 is 22.0 Å². The van der Waals surface area contributed by atoms with E-state index in [-0.39, 0.29) is 10.6 Å². The van der Waals surface area contributed by atoms with Gasteiger partial charge in [-0.2, -0.15) is 0 Å². The van der Waals surface area contributed by atoms with Gasteiger partial charge in [0.25, 0.3) is 10.0 Å². The van der Waals surface area contributed by atoms with Crippen molar-refractivity contribution >= 4 is 27.3 Å². The summed E-state index contributed by atoms with van der Waals surface area (Å²) in [5.41, 5.74) is 1.43. The van der Waals surface area contributed by atoms with Gasteiger partial charge >= 0.3 is 0 Å². The molecule has 1 N–H and O–H groups in total. The van der Waals surface area contributed by atoms with Crippen LogP contribution in [0.2, 0.25) is 0 Å². The Kier molecular flexibility index (Phi) is 6.17. The van der Waals surface area contributed by atoms with Gasteiger partial charge in [0.2, 0.25) is 5.91 Å². The van der Waals surface area contributed by atoms with Gasteiger partial charge in [-0.25, -0.2) is 17.2 Å². The van der Waals surface area contributed by atoms with Crippen molar-refractivity contribution in [2.45, 2.75) is 18.7 Å². The SMILES string of the molecule is Cc1ccc(N(CC(=O)Nc2c(F)cccc2F)S(=O)(=O)c2ccccc2)cc1C. The highest BCUT2D eigenvalue weighted by Crippen LogP contribution is 2.26. The molecule has 0 saturated heterocycles. The molecule has 0 aromatic heterocycles. The average Bonchev–Trinajstić information content (AvgIpc) is 2.72. The number of hydrogen-bond donors (Lipinski definition) is 1. The van der Waals surface area contributed by atoms with Crippen LogP contribution < -0.4 is 9.62 Å². The molecule has 0 heterocycles. The topological polar surface area (TPSA) is 66.5 Å². The van der Waals surface area contributed by atoms with Crippen LogP contribution in [0, 0.1) is 25.5 Å². The smallest absolute Gasteiger partial charge is 0.264 e. The second-order valence-electron chi connectivity index (χ2n) is 6.74. The lowest BCUT2D eigenvalue weighted by molar-refractivity contribution is -0.114. The Morgan fingerprint density at radius 1 is 0.900 bits per heavy atom. The molecule has 8 heteroatoms. The zero-order valence-corrected chi connectivity index (χ0v) is 17.2. The third kappa shape index (κ3) is 4.49. The lowest BCUT2D eigenvalue weighted by atomic mass is 10.1. The number of para-hydroxylation sites is 1. The monoisotopic (exact) mass is 430 g/mol. The quantitative estimate of drug-likeness (QED) is 0.630. The molecule has 0 fully saturated rings. The van der Waals surface area contributed by atoms with E-state index in [1.807, 2.05) is 13.8 Å². The molecule has 0 radical (unpaired) electrons. The van der Waals surface area contributed by atoms with E-state index in [9.17, 15) is 22.0 Å². The summed E-state index contributed by atoms with van der Waals surface area (Å²) in [5.74, 6) is -2.78. The third-order valence-electron chi connectivity index (χ3n) is 4.62. The molecular formula is C22H20F2N2O3S. The number of rotatable bonds is 6. The number of amides is 1. The Bertz CT molecular complexity index is 1160. The number of anilines is 2. The number of aryl methyl sites for hydroxylation is 2. The number of halogens is 2. The van der Waals surface area contributed by atoms with Gasteiger partial charge in [-0.3, -0.25) is 9.10 Å². The van der Waals surface area contributed by atoms with Gasteiger partial charge in [0.15, 0.2) is 0 Å². The van der Waals surface area contributed by atoms with E-state index in [0.717, 1.165) is 27.6 Å². The van der Waals surface area contributed by atoms with Crippen molar-refractivity contribution in [3.8, 4) is 0 Å². The van der Waals surface area contributed by atoms with Crippen LogP contribution in [0.25, 0.3) is 0 Å². The fourth-order valence-electron chi connectivity index (χ4n) is 2.84. The summed E-state index contributed by atoms with van der Waals surface area (Å²) in [6.07, 6.45) is 0. The molecule has 0 bridgehead atoms. The van der Waals surface area contributed by atoms with Crippen molar-refractivity contribution in [1.29, 1.82) is 0 Å². The van der Waals surface area contributed by atoms with Crippen molar-refractivity contribution in [3.63, 3.8) is 0 Å². The average molecular weight is 430 g/mol. The van der Waals surface area contributed by atoms with Crippen LogP contribution in [-0.4, -0.2) is 20.9 Å². The van der Waals surface area contributed by atoms with E-state index in [2.05, 4.69) is 5.32 Å². The third-order valence-corrected chi connectivity index (χ3v) is 6.41. The summed E-state index contributed by atoms with van der Waals surface area (Å²) in [5, 5.41) is 2.13. The predicted molar refractivity (Wildman–Crippen MR) is 112 cm³/mol. The highest BCUT2D eigenvalue weighted by Gasteiger charge is 2.28. The second kappa shape index (κ2) is 8.62. The molecular weight excluding hydrogens is 410 g/mol. The number of benzene rings is 3. The number of carbonyl (C=O) groups excluding carboxylic acids is 1. The molecule has 3 aromatic carbocycles. The first-order chi connectivity index (χ1) is 14.2. The molecule has 0 saturated carbocycles. The molecule has 0 spiro atoms. The summed E-state index contributed by atoms with van der Waals surface area (Å²) >= 11 is 0. The van der Waals surface area contributed by atoms with Gasteiger partial charge in [-0.1, -0.05) is 30.3 Å². The van der Waals surface area contributed by atoms with E-state index in [1.54, 1.807) is 36.4 Å². The summed E-state index contributed by atoms with van der Waals surface area (Å²) in [6.45, 7) is 3.04. The fraction of sp³-hybridized carbons (Fsp3) is 0.136. The van der Waals surface area contributed by atoms with Crippen LogP contribution >= 0.6 is 0 Å². The molecule has 156 valence electrons. The Morgan fingerprint density at radius 3 is 2.13 bits per heavy atom. The minimum Gasteiger partial charge on any atom is -0.320 e. The van der Waals surface area contributed by atoms with Crippen molar-refractivity contribution in [2.24, 2.45) is 0 Å². The maximum Gasteiger partial charge on any atom is 0.264 e. The lowest BCUT2D eigenvalue weighted by Crippen LogP contribution is -2.38. The van der Waals surface area contributed by atoms with Crippen LogP contribution in [0.5, 0.6) is 0 Å². The summed E-state index contributed by atoms with van der Waals surface area (Å²) in [6, 6.07) is 15.8. The maximum absolute atomic E-state index is 13.9. The fourth-order valence-corrected chi connectivity index (χ4v) is 4.28. The van der Waals surface area contributed by atoms with Crippen molar-refractivity contribution in [2.75, 3.05) is 16.2 Å². The largest absolute Gasteiger partial charge is 0.320 e. The standard InChI is InChI=1S/C22H20F2N2O3S/c1-15-11-12-17(13-16(15)2)26(30(28,29)18-7-4-3-5-8-18)14-21(27)25-22-19(23)9-6-10-20(22)24/h3-13H,14H2,1-2H3,(H,25,27). The number of nitrogens with zero attached hydrogens (tertiary/aromatic N) is 1. The van der Waals surface area contributed by atoms with Crippen LogP contribution in [0.4, 0.5) is 20.2 Å². The van der Waals surface area contributed by atoms with E-state index in [0.29, 0.717) is 0 Å². The molecule has 0 aliphatic carbocycles. The number of carbonyl (C=O) groups is 1. The van der Waals surface area contributed by atoms with E-state index in [4.69, 9.17) is 0 Å². The van der Waals surface area contributed by atoms with Gasteiger partial charge in [-0.05, 0) is 61.4 Å². The van der Waals surface area contributed by atoms with Crippen LogP contribution in [-0.2, 0) is 14.8 Å². The van der Waals surface area contributed by atoms with Crippen LogP contribution in [0.3, 0.4) is 0 Å². The molecule has 0 aliphatic rings. The summed E-state index contributed by atoms with van der Waals surface area (Å²) < 4.78 is 55.2. The number of sulfonamides is 1. The Hall–Kier alpha value is -3.26. The highest BCUT2D eigenvalue weighted by molar-refractivity contribution is 7.92. The maximum atomic E-state index is 13.9. The first kappa shape index (κ1) is 21.4. The number of hydrogen-bond acceptors (Lipinski definition) is 3. The molecule has 30 heavy (non-hydrogen) atoms. The lowest BCUT2D eigenvalue weighted by Gasteiger charge is -2.25. The first-order valence-electron chi connectivity index (χ1n) is 9.09. The van der Waals surface area contributed by atoms with E-state index in [1.165, 1.54) is 18.2 Å². The highest BCUT2D eigenvalue weighted by atomic mass is 32.2. The minimum absolute atomic E-state index is 0.00639. The summed E-state index contributed by atoms with van der Waals surface area (Å²) in [4.78, 5) is 12.6. The Labute approximate surface area is 174 Å². The predicted octanol–water partition coefficient (Wildman–Crippen LogP) is 4.42. The molecule has 0 unspecified atom stereocenters. The van der Waals surface area contributed by atoms with Crippen LogP contribution in [0.1, 0.15) is 11.1 Å². The van der Waals surface area contributed by atoms with Gasteiger partial charge in [0.1, 0.15) is 23.9 Å². The Morgan fingerprint density at radius 2 is 1.53 bits per heavy atom. The van der Waals surface area contributed by atoms with Gasteiger partial charge < -0.3 is 5.32 Å². The molecule has 3 aromatic rings. The molecule has 5 nitrogen and oxygen atoms in total. The minimum atomic E-state index is -4.11. The number of nitrogens with one attached hydrogen (secondary N) is 1. The van der Waals surface area contributed by atoms with Gasteiger partial charge in [-0.15, -0.1) is 0 Å². The molecule has 0 atom stereocenters. The first-order valence-corrected chi connectivity index (χ1v) is 10.5. The van der Waals surface area contributed by atoms with Gasteiger partial charge in [0.05, 0.1) is 10.6 Å². The van der Waals surface area contributed by atoms with E-state index >= 15 is 0 Å². The zero-order valence-electron chi connectivity index (χ0n) is 16.4. The zero-order chi connectivity index (χ0) is 21.9. The molecule has 0 aliphatic heterocycles. The van der Waals surface area contributed by atoms with Gasteiger partial charge in [0, 0.05) is 0 Å². The molecule has 1 amide bonds. The Balaban J connectivity index is 1.99. The second-order valence-corrected chi connectivity index (χ2v) is 8.60. The van der Waals surface area contributed by atoms with E-state index < -0.39 is 39.8 Å². The summed E-state index contributed by atoms with van der Waals surface area (Å²) in [7, 11) is -4.11. The van der Waals surface area contributed by atoms with Crippen LogP contribution in [0.15, 0.2) is 71.6 Å².